The normalized spacial score (nSPS) is 24.4. The van der Waals surface area contributed by atoms with Crippen molar-refractivity contribution in [1.29, 1.82) is 0 Å². The zero-order chi connectivity index (χ0) is 14.0. The largest absolute Gasteiger partial charge is 0.241 e. The number of benzene rings is 1. The third-order valence-corrected chi connectivity index (χ3v) is 5.94. The zero-order valence-electron chi connectivity index (χ0n) is 10.7. The molecule has 0 aromatic heterocycles. The van der Waals surface area contributed by atoms with Gasteiger partial charge in [0.15, 0.2) is 0 Å². The van der Waals surface area contributed by atoms with E-state index in [-0.39, 0.29) is 15.4 Å². The van der Waals surface area contributed by atoms with E-state index in [0.717, 1.165) is 37.8 Å². The highest BCUT2D eigenvalue weighted by molar-refractivity contribution is 9.10. The minimum Gasteiger partial charge on any atom is -0.208 e. The van der Waals surface area contributed by atoms with Crippen LogP contribution >= 0.6 is 15.9 Å². The molecule has 1 fully saturated rings. The van der Waals surface area contributed by atoms with Gasteiger partial charge < -0.3 is 0 Å². The molecule has 106 valence electrons. The second-order valence-electron chi connectivity index (χ2n) is 5.16. The Labute approximate surface area is 121 Å². The number of sulfonamides is 1. The first-order chi connectivity index (χ1) is 8.88. The zero-order valence-corrected chi connectivity index (χ0v) is 13.1. The molecule has 0 bridgehead atoms. The fraction of sp³-hybridized carbons (Fsp3) is 0.538. The molecule has 1 aliphatic rings. The molecule has 1 aromatic rings. The van der Waals surface area contributed by atoms with Crippen LogP contribution in [0.4, 0.5) is 4.39 Å². The van der Waals surface area contributed by atoms with Gasteiger partial charge in [-0.2, -0.15) is 0 Å². The first-order valence-corrected chi connectivity index (χ1v) is 8.63. The van der Waals surface area contributed by atoms with Crippen molar-refractivity contribution in [2.75, 3.05) is 0 Å². The maximum absolute atomic E-state index is 13.0. The summed E-state index contributed by atoms with van der Waals surface area (Å²) in [4.78, 5) is 0.0899. The van der Waals surface area contributed by atoms with Crippen molar-refractivity contribution in [3.8, 4) is 0 Å². The van der Waals surface area contributed by atoms with Gasteiger partial charge in [-0.15, -0.1) is 0 Å². The second kappa shape index (κ2) is 5.89. The highest BCUT2D eigenvalue weighted by Crippen LogP contribution is 2.27. The Bertz CT molecular complexity index is 562. The molecule has 6 heteroatoms. The van der Waals surface area contributed by atoms with Crippen LogP contribution < -0.4 is 4.72 Å². The summed E-state index contributed by atoms with van der Waals surface area (Å²) in [6.45, 7) is 2.13. The highest BCUT2D eigenvalue weighted by Gasteiger charge is 2.25. The fourth-order valence-electron chi connectivity index (χ4n) is 2.52. The molecule has 0 spiro atoms. The van der Waals surface area contributed by atoms with Crippen LogP contribution in [0.2, 0.25) is 0 Å². The van der Waals surface area contributed by atoms with E-state index in [9.17, 15) is 12.8 Å². The SMILES string of the molecule is CC1CCCC(NS(=O)(=O)c2ccc(F)cc2Br)C1. The molecule has 1 saturated carbocycles. The number of halogens is 2. The van der Waals surface area contributed by atoms with Crippen molar-refractivity contribution in [2.45, 2.75) is 43.5 Å². The predicted octanol–water partition coefficient (Wildman–Crippen LogP) is 3.45. The van der Waals surface area contributed by atoms with Crippen LogP contribution in [0.1, 0.15) is 32.6 Å². The van der Waals surface area contributed by atoms with Gasteiger partial charge >= 0.3 is 0 Å². The van der Waals surface area contributed by atoms with Crippen molar-refractivity contribution in [2.24, 2.45) is 5.92 Å². The van der Waals surface area contributed by atoms with Gasteiger partial charge in [0.2, 0.25) is 10.0 Å². The van der Waals surface area contributed by atoms with Crippen molar-refractivity contribution < 1.29 is 12.8 Å². The van der Waals surface area contributed by atoms with Crippen molar-refractivity contribution in [3.63, 3.8) is 0 Å². The lowest BCUT2D eigenvalue weighted by atomic mass is 9.88. The third kappa shape index (κ3) is 3.77. The molecule has 1 N–H and O–H groups in total. The molecule has 0 aliphatic heterocycles. The molecule has 0 saturated heterocycles. The fourth-order valence-corrected chi connectivity index (χ4v) is 4.85. The topological polar surface area (TPSA) is 46.2 Å². The molecule has 0 radical (unpaired) electrons. The predicted molar refractivity (Wildman–Crippen MR) is 75.8 cm³/mol. The lowest BCUT2D eigenvalue weighted by molar-refractivity contribution is 0.327. The molecular weight excluding hydrogens is 333 g/mol. The molecule has 2 atom stereocenters. The summed E-state index contributed by atoms with van der Waals surface area (Å²) in [5, 5.41) is 0. The Balaban J connectivity index is 2.18. The van der Waals surface area contributed by atoms with Crippen molar-refractivity contribution in [3.05, 3.63) is 28.5 Å². The summed E-state index contributed by atoms with van der Waals surface area (Å²) in [5.41, 5.74) is 0. The maximum atomic E-state index is 13.0. The summed E-state index contributed by atoms with van der Waals surface area (Å²) >= 11 is 3.10. The van der Waals surface area contributed by atoms with Gasteiger partial charge in [0.25, 0.3) is 0 Å². The van der Waals surface area contributed by atoms with Gasteiger partial charge in [-0.05, 0) is 52.9 Å². The smallest absolute Gasteiger partial charge is 0.208 e. The Morgan fingerprint density at radius 2 is 2.11 bits per heavy atom. The Morgan fingerprint density at radius 3 is 2.74 bits per heavy atom. The monoisotopic (exact) mass is 349 g/mol. The van der Waals surface area contributed by atoms with Gasteiger partial charge in [-0.25, -0.2) is 17.5 Å². The number of nitrogens with one attached hydrogen (secondary N) is 1. The standard InChI is InChI=1S/C13H17BrFNO2S/c1-9-3-2-4-11(7-9)16-19(17,18)13-6-5-10(15)8-12(13)14/h5-6,8-9,11,16H,2-4,7H2,1H3. The van der Waals surface area contributed by atoms with E-state index in [1.807, 2.05) is 0 Å². The van der Waals surface area contributed by atoms with E-state index in [0.29, 0.717) is 5.92 Å². The molecule has 0 heterocycles. The molecule has 2 unspecified atom stereocenters. The molecule has 0 amide bonds. The first-order valence-electron chi connectivity index (χ1n) is 6.36. The first kappa shape index (κ1) is 14.9. The van der Waals surface area contributed by atoms with Crippen LogP contribution in [0.3, 0.4) is 0 Å². The van der Waals surface area contributed by atoms with Crippen molar-refractivity contribution >= 4 is 26.0 Å². The average molecular weight is 350 g/mol. The Morgan fingerprint density at radius 1 is 1.37 bits per heavy atom. The Kier molecular flexibility index (Phi) is 4.63. The summed E-state index contributed by atoms with van der Waals surface area (Å²) < 4.78 is 40.5. The summed E-state index contributed by atoms with van der Waals surface area (Å²) in [5.74, 6) is 0.0789. The van der Waals surface area contributed by atoms with Crippen molar-refractivity contribution in [1.82, 2.24) is 4.72 Å². The Hall–Kier alpha value is -0.460. The molecule has 1 aromatic carbocycles. The third-order valence-electron chi connectivity index (χ3n) is 3.44. The van der Waals surface area contributed by atoms with Crippen LogP contribution in [-0.2, 0) is 10.0 Å². The highest BCUT2D eigenvalue weighted by atomic mass is 79.9. The van der Waals surface area contributed by atoms with Gasteiger partial charge in [0.1, 0.15) is 5.82 Å². The van der Waals surface area contributed by atoms with Crippen LogP contribution in [0, 0.1) is 11.7 Å². The van der Waals surface area contributed by atoms with Crippen LogP contribution in [-0.4, -0.2) is 14.5 Å². The molecule has 3 nitrogen and oxygen atoms in total. The molecule has 2 rings (SSSR count). The molecule has 19 heavy (non-hydrogen) atoms. The molecule has 1 aliphatic carbocycles. The number of hydrogen-bond donors (Lipinski definition) is 1. The summed E-state index contributed by atoms with van der Waals surface area (Å²) in [7, 11) is -3.59. The van der Waals surface area contributed by atoms with Crippen LogP contribution in [0.5, 0.6) is 0 Å². The lowest BCUT2D eigenvalue weighted by Crippen LogP contribution is -2.38. The second-order valence-corrected chi connectivity index (χ2v) is 7.70. The van der Waals surface area contributed by atoms with E-state index >= 15 is 0 Å². The summed E-state index contributed by atoms with van der Waals surface area (Å²) in [6.07, 6.45) is 3.91. The van der Waals surface area contributed by atoms with E-state index in [4.69, 9.17) is 0 Å². The number of rotatable bonds is 3. The quantitative estimate of drug-likeness (QED) is 0.908. The van der Waals surface area contributed by atoms with E-state index in [1.165, 1.54) is 6.07 Å². The average Bonchev–Trinajstić information content (AvgIpc) is 2.27. The summed E-state index contributed by atoms with van der Waals surface area (Å²) in [6, 6.07) is 3.58. The minimum atomic E-state index is -3.59. The maximum Gasteiger partial charge on any atom is 0.241 e. The minimum absolute atomic E-state index is 0.0225. The van der Waals surface area contributed by atoms with Crippen LogP contribution in [0.25, 0.3) is 0 Å². The lowest BCUT2D eigenvalue weighted by Gasteiger charge is -2.27. The van der Waals surface area contributed by atoms with Gasteiger partial charge in [0, 0.05) is 10.5 Å². The van der Waals surface area contributed by atoms with Gasteiger partial charge in [-0.3, -0.25) is 0 Å². The van der Waals surface area contributed by atoms with Gasteiger partial charge in [0.05, 0.1) is 4.90 Å². The van der Waals surface area contributed by atoms with Crippen LogP contribution in [0.15, 0.2) is 27.6 Å². The number of hydrogen-bond acceptors (Lipinski definition) is 2. The molecular formula is C13H17BrFNO2S. The van der Waals surface area contributed by atoms with E-state index < -0.39 is 15.8 Å². The van der Waals surface area contributed by atoms with E-state index in [2.05, 4.69) is 27.6 Å². The van der Waals surface area contributed by atoms with Gasteiger partial charge in [-0.1, -0.05) is 19.8 Å². The van der Waals surface area contributed by atoms with E-state index in [1.54, 1.807) is 0 Å².